The van der Waals surface area contributed by atoms with Crippen LogP contribution in [-0.2, 0) is 0 Å². The van der Waals surface area contributed by atoms with Crippen molar-refractivity contribution in [2.24, 2.45) is 0 Å². The quantitative estimate of drug-likeness (QED) is 0.513. The van der Waals surface area contributed by atoms with Crippen LogP contribution in [0, 0.1) is 6.92 Å². The first-order chi connectivity index (χ1) is 13.0. The lowest BCUT2D eigenvalue weighted by molar-refractivity contribution is 0.0833. The van der Waals surface area contributed by atoms with E-state index in [2.05, 4.69) is 16.0 Å². The van der Waals surface area contributed by atoms with Crippen LogP contribution in [0.15, 0.2) is 53.1 Å². The maximum absolute atomic E-state index is 12.4. The van der Waals surface area contributed by atoms with Gasteiger partial charge in [-0.05, 0) is 43.3 Å². The number of nitrogens with one attached hydrogen (secondary N) is 2. The standard InChI is InChI=1S/C18H13ClN4O3S/c1-10-13-9-15(17(25)21-20-16(24)14-6-3-7-26-14)27-18(13)23(22-10)12-5-2-4-11(19)8-12/h2-9H,1H3,(H,20,24)(H,21,25). The van der Waals surface area contributed by atoms with Crippen LogP contribution in [0.25, 0.3) is 15.9 Å². The first kappa shape index (κ1) is 17.3. The average molecular weight is 401 g/mol. The third-order valence-electron chi connectivity index (χ3n) is 3.86. The Hall–Kier alpha value is -3.10. The lowest BCUT2D eigenvalue weighted by atomic mass is 10.3. The Labute approximate surface area is 162 Å². The largest absolute Gasteiger partial charge is 0.459 e. The number of nitrogens with zero attached hydrogens (tertiary/aromatic N) is 2. The van der Waals surface area contributed by atoms with Crippen molar-refractivity contribution in [2.75, 3.05) is 0 Å². The zero-order chi connectivity index (χ0) is 19.0. The molecule has 0 saturated carbocycles. The van der Waals surface area contributed by atoms with Gasteiger partial charge in [-0.15, -0.1) is 11.3 Å². The van der Waals surface area contributed by atoms with Crippen LogP contribution in [0.2, 0.25) is 5.02 Å². The summed E-state index contributed by atoms with van der Waals surface area (Å²) in [5.41, 5.74) is 6.31. The number of furan rings is 1. The van der Waals surface area contributed by atoms with Crippen molar-refractivity contribution in [3.05, 3.63) is 70.1 Å². The Balaban J connectivity index is 1.59. The van der Waals surface area contributed by atoms with Crippen LogP contribution in [0.4, 0.5) is 0 Å². The fraction of sp³-hybridized carbons (Fsp3) is 0.0556. The molecule has 4 rings (SSSR count). The van der Waals surface area contributed by atoms with Gasteiger partial charge in [0, 0.05) is 10.4 Å². The van der Waals surface area contributed by atoms with E-state index in [1.165, 1.54) is 23.7 Å². The number of aromatic nitrogens is 2. The van der Waals surface area contributed by atoms with E-state index in [0.717, 1.165) is 21.6 Å². The number of halogens is 1. The molecule has 0 aliphatic carbocycles. The highest BCUT2D eigenvalue weighted by atomic mass is 35.5. The minimum Gasteiger partial charge on any atom is -0.459 e. The summed E-state index contributed by atoms with van der Waals surface area (Å²) < 4.78 is 6.73. The molecule has 0 unspecified atom stereocenters. The molecule has 1 aromatic carbocycles. The molecule has 2 N–H and O–H groups in total. The third-order valence-corrected chi connectivity index (χ3v) is 5.20. The maximum atomic E-state index is 12.4. The molecular formula is C18H13ClN4O3S. The topological polar surface area (TPSA) is 89.2 Å². The van der Waals surface area contributed by atoms with Crippen LogP contribution >= 0.6 is 22.9 Å². The lowest BCUT2D eigenvalue weighted by Crippen LogP contribution is -2.41. The van der Waals surface area contributed by atoms with E-state index in [4.69, 9.17) is 16.0 Å². The minimum atomic E-state index is -0.532. The molecule has 0 bridgehead atoms. The SMILES string of the molecule is Cc1nn(-c2cccc(Cl)c2)c2sc(C(=O)NNC(=O)c3ccco3)cc12. The fourth-order valence-electron chi connectivity index (χ4n) is 2.59. The Morgan fingerprint density at radius 3 is 2.70 bits per heavy atom. The zero-order valence-electron chi connectivity index (χ0n) is 14.0. The molecule has 0 aliphatic rings. The number of thiophene rings is 1. The molecule has 0 radical (unpaired) electrons. The van der Waals surface area contributed by atoms with Crippen molar-refractivity contribution >= 4 is 45.0 Å². The summed E-state index contributed by atoms with van der Waals surface area (Å²) in [6.07, 6.45) is 1.38. The monoisotopic (exact) mass is 400 g/mol. The van der Waals surface area contributed by atoms with Gasteiger partial charge in [0.2, 0.25) is 0 Å². The van der Waals surface area contributed by atoms with E-state index in [-0.39, 0.29) is 5.76 Å². The highest BCUT2D eigenvalue weighted by Crippen LogP contribution is 2.30. The molecule has 0 atom stereocenters. The zero-order valence-corrected chi connectivity index (χ0v) is 15.6. The normalized spacial score (nSPS) is 10.9. The van der Waals surface area contributed by atoms with Crippen LogP contribution < -0.4 is 10.9 Å². The van der Waals surface area contributed by atoms with Gasteiger partial charge in [-0.25, -0.2) is 4.68 Å². The third kappa shape index (κ3) is 3.32. The van der Waals surface area contributed by atoms with E-state index in [0.29, 0.717) is 9.90 Å². The fourth-order valence-corrected chi connectivity index (χ4v) is 3.85. The summed E-state index contributed by atoms with van der Waals surface area (Å²) in [7, 11) is 0. The predicted octanol–water partition coefficient (Wildman–Crippen LogP) is 3.72. The second-order valence-electron chi connectivity index (χ2n) is 5.69. The molecule has 0 fully saturated rings. The first-order valence-electron chi connectivity index (χ1n) is 7.92. The van der Waals surface area contributed by atoms with Gasteiger partial charge in [-0.3, -0.25) is 20.4 Å². The van der Waals surface area contributed by atoms with Gasteiger partial charge < -0.3 is 4.42 Å². The number of hydrazine groups is 1. The van der Waals surface area contributed by atoms with Crippen LogP contribution in [0.5, 0.6) is 0 Å². The molecule has 0 spiro atoms. The van der Waals surface area contributed by atoms with Crippen molar-refractivity contribution in [3.63, 3.8) is 0 Å². The molecule has 0 aliphatic heterocycles. The summed E-state index contributed by atoms with van der Waals surface area (Å²) in [6, 6.07) is 12.2. The maximum Gasteiger partial charge on any atom is 0.305 e. The van der Waals surface area contributed by atoms with E-state index < -0.39 is 11.8 Å². The Bertz CT molecular complexity index is 1150. The Morgan fingerprint density at radius 1 is 1.15 bits per heavy atom. The molecule has 2 amide bonds. The average Bonchev–Trinajstić information content (AvgIpc) is 3.38. The second kappa shape index (κ2) is 6.90. The molecular weight excluding hydrogens is 388 g/mol. The predicted molar refractivity (Wildman–Crippen MR) is 102 cm³/mol. The highest BCUT2D eigenvalue weighted by molar-refractivity contribution is 7.20. The summed E-state index contributed by atoms with van der Waals surface area (Å²) in [5.74, 6) is -0.844. The van der Waals surface area contributed by atoms with Gasteiger partial charge in [-0.1, -0.05) is 17.7 Å². The van der Waals surface area contributed by atoms with E-state index >= 15 is 0 Å². The van der Waals surface area contributed by atoms with E-state index in [1.54, 1.807) is 28.9 Å². The second-order valence-corrected chi connectivity index (χ2v) is 7.16. The Morgan fingerprint density at radius 2 is 1.96 bits per heavy atom. The number of fused-ring (bicyclic) bond motifs is 1. The molecule has 27 heavy (non-hydrogen) atoms. The number of rotatable bonds is 3. The number of hydrogen-bond acceptors (Lipinski definition) is 5. The van der Waals surface area contributed by atoms with Gasteiger partial charge >= 0.3 is 5.91 Å². The first-order valence-corrected chi connectivity index (χ1v) is 9.11. The van der Waals surface area contributed by atoms with E-state index in [9.17, 15) is 9.59 Å². The number of benzene rings is 1. The number of hydrogen-bond donors (Lipinski definition) is 2. The van der Waals surface area contributed by atoms with Gasteiger partial charge in [0.25, 0.3) is 5.91 Å². The van der Waals surface area contributed by atoms with Crippen molar-refractivity contribution in [1.29, 1.82) is 0 Å². The molecule has 4 aromatic rings. The molecule has 7 nitrogen and oxygen atoms in total. The van der Waals surface area contributed by atoms with Crippen molar-refractivity contribution < 1.29 is 14.0 Å². The highest BCUT2D eigenvalue weighted by Gasteiger charge is 2.18. The lowest BCUT2D eigenvalue weighted by Gasteiger charge is -2.04. The van der Waals surface area contributed by atoms with Crippen molar-refractivity contribution in [1.82, 2.24) is 20.6 Å². The van der Waals surface area contributed by atoms with Crippen LogP contribution in [0.3, 0.4) is 0 Å². The number of carbonyl (C=O) groups excluding carboxylic acids is 2. The molecule has 3 aromatic heterocycles. The Kier molecular flexibility index (Phi) is 4.43. The van der Waals surface area contributed by atoms with Crippen molar-refractivity contribution in [3.8, 4) is 5.69 Å². The minimum absolute atomic E-state index is 0.110. The van der Waals surface area contributed by atoms with Crippen LogP contribution in [0.1, 0.15) is 25.9 Å². The smallest absolute Gasteiger partial charge is 0.305 e. The van der Waals surface area contributed by atoms with Crippen LogP contribution in [-0.4, -0.2) is 21.6 Å². The summed E-state index contributed by atoms with van der Waals surface area (Å²) in [6.45, 7) is 1.87. The number of amides is 2. The van der Waals surface area contributed by atoms with Gasteiger partial charge in [0.1, 0.15) is 4.83 Å². The van der Waals surface area contributed by atoms with E-state index in [1.807, 2.05) is 19.1 Å². The van der Waals surface area contributed by atoms with Gasteiger partial charge in [0.05, 0.1) is 22.5 Å². The van der Waals surface area contributed by atoms with Crippen molar-refractivity contribution in [2.45, 2.75) is 6.92 Å². The molecule has 0 saturated heterocycles. The summed E-state index contributed by atoms with van der Waals surface area (Å²) in [4.78, 5) is 25.5. The summed E-state index contributed by atoms with van der Waals surface area (Å²) >= 11 is 7.35. The summed E-state index contributed by atoms with van der Waals surface area (Å²) in [5, 5.41) is 5.99. The molecule has 9 heteroatoms. The molecule has 3 heterocycles. The number of aryl methyl sites for hydroxylation is 1. The van der Waals surface area contributed by atoms with Gasteiger partial charge in [0.15, 0.2) is 5.76 Å². The number of carbonyl (C=O) groups is 2. The molecule has 136 valence electrons. The van der Waals surface area contributed by atoms with Gasteiger partial charge in [-0.2, -0.15) is 5.10 Å².